The first-order valence-corrected chi connectivity index (χ1v) is 8.07. The van der Waals surface area contributed by atoms with Crippen molar-refractivity contribution in [2.24, 2.45) is 0 Å². The number of hydrogen-bond acceptors (Lipinski definition) is 8. The number of ether oxygens (including phenoxy) is 3. The van der Waals surface area contributed by atoms with E-state index in [0.717, 1.165) is 39.3 Å². The number of anilines is 1. The predicted octanol–water partition coefficient (Wildman–Crippen LogP) is 1.18. The van der Waals surface area contributed by atoms with Crippen molar-refractivity contribution in [2.75, 3.05) is 51.9 Å². The number of esters is 1. The molecule has 1 saturated heterocycles. The molecular formula is C17H22N4O4. The first-order valence-electron chi connectivity index (χ1n) is 8.07. The summed E-state index contributed by atoms with van der Waals surface area (Å²) in [6, 6.07) is 5.25. The van der Waals surface area contributed by atoms with Gasteiger partial charge in [-0.3, -0.25) is 4.90 Å². The highest BCUT2D eigenvalue weighted by molar-refractivity contribution is 5.92. The van der Waals surface area contributed by atoms with E-state index in [2.05, 4.69) is 19.9 Å². The Morgan fingerprint density at radius 2 is 2.28 bits per heavy atom. The molecule has 1 aromatic heterocycles. The van der Waals surface area contributed by atoms with Gasteiger partial charge in [-0.2, -0.15) is 5.26 Å². The van der Waals surface area contributed by atoms with Crippen molar-refractivity contribution in [1.29, 1.82) is 5.26 Å². The molecule has 1 aliphatic heterocycles. The van der Waals surface area contributed by atoms with Crippen LogP contribution in [0.4, 0.5) is 5.69 Å². The van der Waals surface area contributed by atoms with E-state index in [-0.39, 0.29) is 5.57 Å². The van der Waals surface area contributed by atoms with Gasteiger partial charge >= 0.3 is 5.97 Å². The van der Waals surface area contributed by atoms with Crippen molar-refractivity contribution in [3.8, 4) is 11.9 Å². The molecule has 8 heteroatoms. The maximum absolute atomic E-state index is 11.3. The van der Waals surface area contributed by atoms with Crippen LogP contribution in [0.3, 0.4) is 0 Å². The van der Waals surface area contributed by atoms with Crippen LogP contribution in [0, 0.1) is 11.3 Å². The van der Waals surface area contributed by atoms with Crippen LogP contribution in [-0.4, -0.2) is 62.4 Å². The number of pyridine rings is 1. The average molecular weight is 346 g/mol. The summed E-state index contributed by atoms with van der Waals surface area (Å²) in [5.74, 6) is -0.159. The van der Waals surface area contributed by atoms with Crippen LogP contribution < -0.4 is 10.1 Å². The van der Waals surface area contributed by atoms with Gasteiger partial charge in [-0.05, 0) is 12.5 Å². The minimum absolute atomic E-state index is 0.120. The standard InChI is InChI=1S/C17H22N4O4/c1-23-17(22)14(11-18)12-19-15-3-4-16(20-13-15)25-8-2-5-21-6-9-24-10-7-21/h3-4,12-13,19H,2,5-10H2,1H3. The van der Waals surface area contributed by atoms with E-state index in [9.17, 15) is 4.79 Å². The van der Waals surface area contributed by atoms with Gasteiger partial charge in [-0.25, -0.2) is 9.78 Å². The highest BCUT2D eigenvalue weighted by atomic mass is 16.5. The lowest BCUT2D eigenvalue weighted by Crippen LogP contribution is -2.37. The zero-order valence-electron chi connectivity index (χ0n) is 14.2. The third-order valence-electron chi connectivity index (χ3n) is 3.62. The topological polar surface area (TPSA) is 96.7 Å². The number of nitrogens with zero attached hydrogens (tertiary/aromatic N) is 3. The molecule has 1 aromatic rings. The summed E-state index contributed by atoms with van der Waals surface area (Å²) < 4.78 is 15.4. The Bertz CT molecular complexity index is 619. The largest absolute Gasteiger partial charge is 0.478 e. The summed E-state index contributed by atoms with van der Waals surface area (Å²) in [5.41, 5.74) is 0.517. The predicted molar refractivity (Wildman–Crippen MR) is 90.9 cm³/mol. The molecule has 0 unspecified atom stereocenters. The maximum Gasteiger partial charge on any atom is 0.350 e. The summed E-state index contributed by atoms with van der Waals surface area (Å²) in [4.78, 5) is 17.8. The molecule has 25 heavy (non-hydrogen) atoms. The SMILES string of the molecule is COC(=O)C(C#N)=CNc1ccc(OCCCN2CCOCC2)nc1. The van der Waals surface area contributed by atoms with Crippen molar-refractivity contribution in [3.63, 3.8) is 0 Å². The molecule has 1 aliphatic rings. The van der Waals surface area contributed by atoms with Crippen LogP contribution in [0.25, 0.3) is 0 Å². The van der Waals surface area contributed by atoms with E-state index in [0.29, 0.717) is 18.2 Å². The van der Waals surface area contributed by atoms with Gasteiger partial charge in [0, 0.05) is 31.9 Å². The van der Waals surface area contributed by atoms with Crippen LogP contribution in [0.2, 0.25) is 0 Å². The van der Waals surface area contributed by atoms with Crippen LogP contribution in [0.1, 0.15) is 6.42 Å². The highest BCUT2D eigenvalue weighted by Gasteiger charge is 2.10. The van der Waals surface area contributed by atoms with E-state index in [4.69, 9.17) is 14.7 Å². The summed E-state index contributed by atoms with van der Waals surface area (Å²) in [6.07, 6.45) is 3.78. The molecule has 2 heterocycles. The number of nitriles is 1. The Labute approximate surface area is 147 Å². The number of aromatic nitrogens is 1. The van der Waals surface area contributed by atoms with Gasteiger partial charge in [-0.1, -0.05) is 0 Å². The minimum atomic E-state index is -0.691. The molecule has 0 saturated carbocycles. The fourth-order valence-corrected chi connectivity index (χ4v) is 2.24. The molecule has 0 radical (unpaired) electrons. The molecule has 0 spiro atoms. The van der Waals surface area contributed by atoms with Gasteiger partial charge < -0.3 is 19.5 Å². The van der Waals surface area contributed by atoms with Crippen LogP contribution in [-0.2, 0) is 14.3 Å². The Morgan fingerprint density at radius 3 is 2.92 bits per heavy atom. The lowest BCUT2D eigenvalue weighted by molar-refractivity contribution is -0.135. The van der Waals surface area contributed by atoms with E-state index in [1.807, 2.05) is 0 Å². The second kappa shape index (κ2) is 10.3. The number of nitrogens with one attached hydrogen (secondary N) is 1. The average Bonchev–Trinajstić information content (AvgIpc) is 2.67. The van der Waals surface area contributed by atoms with E-state index >= 15 is 0 Å². The Kier molecular flexibility index (Phi) is 7.69. The van der Waals surface area contributed by atoms with Gasteiger partial charge in [0.15, 0.2) is 5.57 Å². The summed E-state index contributed by atoms with van der Waals surface area (Å²) in [5, 5.41) is 11.7. The van der Waals surface area contributed by atoms with Crippen molar-refractivity contribution in [2.45, 2.75) is 6.42 Å². The molecular weight excluding hydrogens is 324 g/mol. The van der Waals surface area contributed by atoms with Crippen molar-refractivity contribution < 1.29 is 19.0 Å². The normalized spacial score (nSPS) is 15.3. The smallest absolute Gasteiger partial charge is 0.350 e. The number of morpholine rings is 1. The maximum atomic E-state index is 11.3. The molecule has 0 amide bonds. The first-order chi connectivity index (χ1) is 12.2. The number of methoxy groups -OCH3 is 1. The van der Waals surface area contributed by atoms with Crippen molar-refractivity contribution in [1.82, 2.24) is 9.88 Å². The minimum Gasteiger partial charge on any atom is -0.478 e. The molecule has 0 atom stereocenters. The number of hydrogen-bond donors (Lipinski definition) is 1. The quantitative estimate of drug-likeness (QED) is 0.324. The zero-order valence-corrected chi connectivity index (χ0v) is 14.2. The van der Waals surface area contributed by atoms with Crippen LogP contribution in [0.15, 0.2) is 30.1 Å². The van der Waals surface area contributed by atoms with E-state index in [1.54, 1.807) is 24.4 Å². The lowest BCUT2D eigenvalue weighted by atomic mass is 10.3. The molecule has 8 nitrogen and oxygen atoms in total. The monoisotopic (exact) mass is 346 g/mol. The van der Waals surface area contributed by atoms with Gasteiger partial charge in [0.1, 0.15) is 6.07 Å². The molecule has 1 fully saturated rings. The lowest BCUT2D eigenvalue weighted by Gasteiger charge is -2.26. The van der Waals surface area contributed by atoms with E-state index in [1.165, 1.54) is 13.3 Å². The highest BCUT2D eigenvalue weighted by Crippen LogP contribution is 2.12. The fourth-order valence-electron chi connectivity index (χ4n) is 2.24. The van der Waals surface area contributed by atoms with Crippen molar-refractivity contribution >= 4 is 11.7 Å². The van der Waals surface area contributed by atoms with Gasteiger partial charge in [0.25, 0.3) is 0 Å². The van der Waals surface area contributed by atoms with E-state index < -0.39 is 5.97 Å². The van der Waals surface area contributed by atoms with Gasteiger partial charge in [0.05, 0.1) is 38.8 Å². The first kappa shape index (κ1) is 18.7. The zero-order chi connectivity index (χ0) is 17.9. The molecule has 1 N–H and O–H groups in total. The second-order valence-electron chi connectivity index (χ2n) is 5.35. The Balaban J connectivity index is 1.73. The van der Waals surface area contributed by atoms with Gasteiger partial charge in [-0.15, -0.1) is 0 Å². The molecule has 134 valence electrons. The molecule has 0 bridgehead atoms. The third-order valence-corrected chi connectivity index (χ3v) is 3.62. The summed E-state index contributed by atoms with van der Waals surface area (Å²) in [6.45, 7) is 5.13. The van der Waals surface area contributed by atoms with Crippen LogP contribution in [0.5, 0.6) is 5.88 Å². The summed E-state index contributed by atoms with van der Waals surface area (Å²) >= 11 is 0. The Morgan fingerprint density at radius 1 is 1.48 bits per heavy atom. The number of carbonyl (C=O) groups excluding carboxylic acids is 1. The molecule has 2 rings (SSSR count). The summed E-state index contributed by atoms with van der Waals surface area (Å²) in [7, 11) is 1.22. The van der Waals surface area contributed by atoms with Crippen LogP contribution >= 0.6 is 0 Å². The number of carbonyl (C=O) groups is 1. The third kappa shape index (κ3) is 6.41. The fraction of sp³-hybridized carbons (Fsp3) is 0.471. The molecule has 0 aromatic carbocycles. The second-order valence-corrected chi connectivity index (χ2v) is 5.35. The molecule has 0 aliphatic carbocycles. The van der Waals surface area contributed by atoms with Crippen molar-refractivity contribution in [3.05, 3.63) is 30.1 Å². The van der Waals surface area contributed by atoms with Gasteiger partial charge in [0.2, 0.25) is 5.88 Å². The Hall–Kier alpha value is -2.63. The number of rotatable bonds is 8.